The van der Waals surface area contributed by atoms with E-state index in [2.05, 4.69) is 10.2 Å². The van der Waals surface area contributed by atoms with Gasteiger partial charge in [0, 0.05) is 43.3 Å². The Morgan fingerprint density at radius 3 is 2.15 bits per heavy atom. The van der Waals surface area contributed by atoms with Gasteiger partial charge in [0.15, 0.2) is 0 Å². The standard InChI is InChI=1S/C26H28N4O2S/c1-18(24(31)27-21-12-13-21)29-14-16-30(17-15-29)26(32)23-22(19-8-4-2-5-9-19)28-25(33-23)20-10-6-3-7-11-20/h2-11,18,21H,12-17H2,1H3,(H,27,31). The topological polar surface area (TPSA) is 65.5 Å². The van der Waals surface area contributed by atoms with Crippen molar-refractivity contribution in [1.29, 1.82) is 0 Å². The molecule has 2 fully saturated rings. The lowest BCUT2D eigenvalue weighted by molar-refractivity contribution is -0.126. The predicted octanol–water partition coefficient (Wildman–Crippen LogP) is 3.90. The number of nitrogens with zero attached hydrogens (tertiary/aromatic N) is 3. The van der Waals surface area contributed by atoms with Crippen LogP contribution in [0.5, 0.6) is 0 Å². The fraction of sp³-hybridized carbons (Fsp3) is 0.346. The number of carbonyl (C=O) groups is 2. The Morgan fingerprint density at radius 1 is 0.939 bits per heavy atom. The van der Waals surface area contributed by atoms with Gasteiger partial charge in [-0.15, -0.1) is 11.3 Å². The minimum Gasteiger partial charge on any atom is -0.352 e. The molecule has 1 aliphatic heterocycles. The van der Waals surface area contributed by atoms with E-state index < -0.39 is 0 Å². The van der Waals surface area contributed by atoms with E-state index in [4.69, 9.17) is 4.98 Å². The molecule has 2 aromatic carbocycles. The van der Waals surface area contributed by atoms with Crippen molar-refractivity contribution in [3.05, 3.63) is 65.5 Å². The van der Waals surface area contributed by atoms with E-state index in [-0.39, 0.29) is 17.9 Å². The normalized spacial score (nSPS) is 17.5. The van der Waals surface area contributed by atoms with Crippen molar-refractivity contribution in [2.24, 2.45) is 0 Å². The first-order chi connectivity index (χ1) is 16.1. The number of hydrogen-bond donors (Lipinski definition) is 1. The van der Waals surface area contributed by atoms with Crippen LogP contribution in [0.15, 0.2) is 60.7 Å². The molecule has 1 saturated carbocycles. The molecule has 1 aromatic heterocycles. The van der Waals surface area contributed by atoms with Gasteiger partial charge in [0.1, 0.15) is 9.88 Å². The second-order valence-corrected chi connectivity index (χ2v) is 9.71. The molecule has 1 saturated heterocycles. The molecule has 2 heterocycles. The highest BCUT2D eigenvalue weighted by Gasteiger charge is 2.32. The zero-order valence-electron chi connectivity index (χ0n) is 18.7. The van der Waals surface area contributed by atoms with Gasteiger partial charge in [-0.1, -0.05) is 60.7 Å². The minimum atomic E-state index is -0.171. The first-order valence-electron chi connectivity index (χ1n) is 11.6. The fourth-order valence-electron chi connectivity index (χ4n) is 4.13. The average Bonchev–Trinajstić information content (AvgIpc) is 3.58. The number of piperazine rings is 1. The second kappa shape index (κ2) is 9.45. The van der Waals surface area contributed by atoms with E-state index >= 15 is 0 Å². The van der Waals surface area contributed by atoms with Crippen molar-refractivity contribution in [2.75, 3.05) is 26.2 Å². The molecule has 3 aromatic rings. The summed E-state index contributed by atoms with van der Waals surface area (Å²) in [4.78, 5) is 35.6. The first-order valence-corrected chi connectivity index (χ1v) is 12.4. The number of nitrogens with one attached hydrogen (secondary N) is 1. The van der Waals surface area contributed by atoms with E-state index in [0.717, 1.165) is 34.7 Å². The lowest BCUT2D eigenvalue weighted by Crippen LogP contribution is -2.55. The van der Waals surface area contributed by atoms with Crippen LogP contribution < -0.4 is 5.32 Å². The summed E-state index contributed by atoms with van der Waals surface area (Å²) in [6.45, 7) is 4.55. The number of rotatable bonds is 6. The predicted molar refractivity (Wildman–Crippen MR) is 131 cm³/mol. The Balaban J connectivity index is 1.34. The maximum atomic E-state index is 13.6. The highest BCUT2D eigenvalue weighted by atomic mass is 32.1. The van der Waals surface area contributed by atoms with Crippen LogP contribution in [0.3, 0.4) is 0 Å². The molecule has 1 aliphatic carbocycles. The Kier molecular flexibility index (Phi) is 6.24. The van der Waals surface area contributed by atoms with Gasteiger partial charge >= 0.3 is 0 Å². The number of carbonyl (C=O) groups excluding carboxylic acids is 2. The summed E-state index contributed by atoms with van der Waals surface area (Å²) in [6, 6.07) is 20.1. The molecule has 6 nitrogen and oxygen atoms in total. The third-order valence-corrected chi connectivity index (χ3v) is 7.43. The van der Waals surface area contributed by atoms with Gasteiger partial charge in [-0.05, 0) is 19.8 Å². The molecule has 170 valence electrons. The number of amides is 2. The van der Waals surface area contributed by atoms with Gasteiger partial charge in [-0.2, -0.15) is 0 Å². The third kappa shape index (κ3) is 4.84. The quantitative estimate of drug-likeness (QED) is 0.606. The van der Waals surface area contributed by atoms with E-state index in [1.807, 2.05) is 72.5 Å². The molecule has 33 heavy (non-hydrogen) atoms. The Hall–Kier alpha value is -3.03. The number of benzene rings is 2. The van der Waals surface area contributed by atoms with E-state index in [9.17, 15) is 9.59 Å². The van der Waals surface area contributed by atoms with Crippen LogP contribution in [0, 0.1) is 0 Å². The van der Waals surface area contributed by atoms with Gasteiger partial charge in [-0.25, -0.2) is 4.98 Å². The smallest absolute Gasteiger partial charge is 0.266 e. The van der Waals surface area contributed by atoms with Crippen molar-refractivity contribution in [3.63, 3.8) is 0 Å². The fourth-order valence-corrected chi connectivity index (χ4v) is 5.19. The van der Waals surface area contributed by atoms with Crippen LogP contribution >= 0.6 is 11.3 Å². The molecule has 1 N–H and O–H groups in total. The molecule has 0 spiro atoms. The summed E-state index contributed by atoms with van der Waals surface area (Å²) in [5.41, 5.74) is 2.70. The summed E-state index contributed by atoms with van der Waals surface area (Å²) in [5, 5.41) is 3.94. The highest BCUT2D eigenvalue weighted by Crippen LogP contribution is 2.35. The minimum absolute atomic E-state index is 0.0169. The Labute approximate surface area is 198 Å². The van der Waals surface area contributed by atoms with Gasteiger partial charge in [-0.3, -0.25) is 14.5 Å². The van der Waals surface area contributed by atoms with Gasteiger partial charge in [0.2, 0.25) is 5.91 Å². The summed E-state index contributed by atoms with van der Waals surface area (Å²) >= 11 is 1.45. The van der Waals surface area contributed by atoms with Crippen LogP contribution in [-0.2, 0) is 4.79 Å². The molecule has 0 radical (unpaired) electrons. The monoisotopic (exact) mass is 460 g/mol. The number of hydrogen-bond acceptors (Lipinski definition) is 5. The largest absolute Gasteiger partial charge is 0.352 e. The summed E-state index contributed by atoms with van der Waals surface area (Å²) in [5.74, 6) is 0.113. The van der Waals surface area contributed by atoms with Crippen LogP contribution in [0.2, 0.25) is 0 Å². The zero-order valence-corrected chi connectivity index (χ0v) is 19.6. The molecule has 2 aliphatic rings. The molecule has 1 atom stereocenters. The second-order valence-electron chi connectivity index (χ2n) is 8.72. The molecular weight excluding hydrogens is 432 g/mol. The maximum Gasteiger partial charge on any atom is 0.266 e. The molecule has 1 unspecified atom stereocenters. The lowest BCUT2D eigenvalue weighted by atomic mass is 10.1. The maximum absolute atomic E-state index is 13.6. The molecule has 5 rings (SSSR count). The lowest BCUT2D eigenvalue weighted by Gasteiger charge is -2.37. The van der Waals surface area contributed by atoms with Crippen LogP contribution in [-0.4, -0.2) is 64.9 Å². The first kappa shape index (κ1) is 21.8. The molecule has 2 amide bonds. The number of thiazole rings is 1. The Morgan fingerprint density at radius 2 is 1.55 bits per heavy atom. The van der Waals surface area contributed by atoms with Crippen molar-refractivity contribution in [3.8, 4) is 21.8 Å². The van der Waals surface area contributed by atoms with Crippen LogP contribution in [0.25, 0.3) is 21.8 Å². The zero-order chi connectivity index (χ0) is 22.8. The van der Waals surface area contributed by atoms with E-state index in [0.29, 0.717) is 37.1 Å². The van der Waals surface area contributed by atoms with E-state index in [1.165, 1.54) is 11.3 Å². The van der Waals surface area contributed by atoms with E-state index in [1.54, 1.807) is 0 Å². The molecular formula is C26H28N4O2S. The van der Waals surface area contributed by atoms with Crippen LogP contribution in [0.1, 0.15) is 29.4 Å². The van der Waals surface area contributed by atoms with Crippen molar-refractivity contribution in [1.82, 2.24) is 20.1 Å². The Bertz CT molecular complexity index is 1120. The average molecular weight is 461 g/mol. The van der Waals surface area contributed by atoms with Gasteiger partial charge in [0.25, 0.3) is 5.91 Å². The van der Waals surface area contributed by atoms with Crippen molar-refractivity contribution in [2.45, 2.75) is 31.8 Å². The van der Waals surface area contributed by atoms with Gasteiger partial charge < -0.3 is 10.2 Å². The molecule has 0 bridgehead atoms. The van der Waals surface area contributed by atoms with Crippen molar-refractivity contribution >= 4 is 23.2 Å². The van der Waals surface area contributed by atoms with Crippen LogP contribution in [0.4, 0.5) is 0 Å². The highest BCUT2D eigenvalue weighted by molar-refractivity contribution is 7.17. The van der Waals surface area contributed by atoms with Gasteiger partial charge in [0.05, 0.1) is 11.7 Å². The van der Waals surface area contributed by atoms with Crippen molar-refractivity contribution < 1.29 is 9.59 Å². The SMILES string of the molecule is CC(C(=O)NC1CC1)N1CCN(C(=O)c2sc(-c3ccccc3)nc2-c2ccccc2)CC1. The third-order valence-electron chi connectivity index (χ3n) is 6.34. The molecule has 7 heteroatoms. The number of aromatic nitrogens is 1. The summed E-state index contributed by atoms with van der Waals surface area (Å²) < 4.78 is 0. The summed E-state index contributed by atoms with van der Waals surface area (Å²) in [7, 11) is 0. The summed E-state index contributed by atoms with van der Waals surface area (Å²) in [6.07, 6.45) is 2.18.